The summed E-state index contributed by atoms with van der Waals surface area (Å²) in [4.78, 5) is 27.5. The predicted octanol–water partition coefficient (Wildman–Crippen LogP) is 3.14. The molecule has 2 heterocycles. The molecular weight excluding hydrogens is 338 g/mol. The van der Waals surface area contributed by atoms with Crippen molar-refractivity contribution in [3.63, 3.8) is 0 Å². The minimum absolute atomic E-state index is 0.214. The summed E-state index contributed by atoms with van der Waals surface area (Å²) in [6.07, 6.45) is 3.41. The molecule has 0 atom stereocenters. The molecule has 3 aromatic rings. The second-order valence-electron chi connectivity index (χ2n) is 6.20. The van der Waals surface area contributed by atoms with Gasteiger partial charge in [-0.3, -0.25) is 9.78 Å². The smallest absolute Gasteiger partial charge is 0.270 e. The molecule has 0 unspecified atom stereocenters. The monoisotopic (exact) mass is 361 g/mol. The van der Waals surface area contributed by atoms with E-state index < -0.39 is 0 Å². The lowest BCUT2D eigenvalue weighted by Gasteiger charge is -2.22. The topological polar surface area (TPSA) is 71.0 Å². The van der Waals surface area contributed by atoms with Gasteiger partial charge in [0.15, 0.2) is 0 Å². The van der Waals surface area contributed by atoms with Gasteiger partial charge in [-0.2, -0.15) is 0 Å². The zero-order chi connectivity index (χ0) is 19.1. The van der Waals surface area contributed by atoms with Crippen molar-refractivity contribution < 1.29 is 4.79 Å². The molecule has 0 saturated heterocycles. The van der Waals surface area contributed by atoms with E-state index in [1.807, 2.05) is 30.3 Å². The Bertz CT molecular complexity index is 884. The van der Waals surface area contributed by atoms with E-state index in [1.54, 1.807) is 25.4 Å². The fourth-order valence-corrected chi connectivity index (χ4v) is 2.76. The van der Waals surface area contributed by atoms with Crippen LogP contribution in [0.1, 0.15) is 34.4 Å². The number of hydrogen-bond acceptors (Lipinski definition) is 5. The van der Waals surface area contributed by atoms with Crippen LogP contribution in [0.3, 0.4) is 0 Å². The molecule has 0 aliphatic heterocycles. The molecule has 6 heteroatoms. The van der Waals surface area contributed by atoms with Gasteiger partial charge in [0.1, 0.15) is 17.3 Å². The molecule has 0 bridgehead atoms. The largest absolute Gasteiger partial charge is 0.352 e. The van der Waals surface area contributed by atoms with E-state index in [9.17, 15) is 4.79 Å². The van der Waals surface area contributed by atoms with E-state index in [0.29, 0.717) is 18.1 Å². The van der Waals surface area contributed by atoms with E-state index in [0.717, 1.165) is 24.5 Å². The Morgan fingerprint density at radius 3 is 2.48 bits per heavy atom. The van der Waals surface area contributed by atoms with Gasteiger partial charge in [0.2, 0.25) is 0 Å². The number of benzene rings is 1. The van der Waals surface area contributed by atoms with Crippen molar-refractivity contribution in [2.75, 3.05) is 11.4 Å². The molecule has 138 valence electrons. The van der Waals surface area contributed by atoms with Gasteiger partial charge in [-0.15, -0.1) is 0 Å². The summed E-state index contributed by atoms with van der Waals surface area (Å²) in [6, 6.07) is 15.7. The summed E-state index contributed by atoms with van der Waals surface area (Å²) in [5, 5.41) is 2.90. The van der Waals surface area contributed by atoms with Gasteiger partial charge in [0.05, 0.1) is 0 Å². The second-order valence-corrected chi connectivity index (χ2v) is 6.20. The van der Waals surface area contributed by atoms with Crippen LogP contribution in [0.2, 0.25) is 0 Å². The number of anilines is 1. The Morgan fingerprint density at radius 1 is 1.04 bits per heavy atom. The first kappa shape index (κ1) is 18.5. The Kier molecular flexibility index (Phi) is 6.10. The van der Waals surface area contributed by atoms with Crippen LogP contribution in [0.4, 0.5) is 5.82 Å². The Balaban J connectivity index is 1.75. The highest BCUT2D eigenvalue weighted by Gasteiger charge is 2.14. The van der Waals surface area contributed by atoms with Gasteiger partial charge in [0, 0.05) is 38.1 Å². The van der Waals surface area contributed by atoms with E-state index >= 15 is 0 Å². The third-order valence-corrected chi connectivity index (χ3v) is 4.18. The third kappa shape index (κ3) is 5.10. The number of aromatic nitrogens is 3. The number of carbonyl (C=O) groups excluding carboxylic acids is 1. The zero-order valence-electron chi connectivity index (χ0n) is 15.6. The van der Waals surface area contributed by atoms with Crippen LogP contribution in [0.25, 0.3) is 0 Å². The van der Waals surface area contributed by atoms with Crippen molar-refractivity contribution in [3.8, 4) is 0 Å². The number of hydrogen-bond donors (Lipinski definition) is 1. The van der Waals surface area contributed by atoms with E-state index in [-0.39, 0.29) is 5.91 Å². The molecule has 27 heavy (non-hydrogen) atoms. The first-order chi connectivity index (χ1) is 13.2. The van der Waals surface area contributed by atoms with Crippen LogP contribution in [0.5, 0.6) is 0 Å². The normalized spacial score (nSPS) is 10.4. The third-order valence-electron chi connectivity index (χ3n) is 4.18. The number of carbonyl (C=O) groups is 1. The quantitative estimate of drug-likeness (QED) is 0.700. The molecule has 1 N–H and O–H groups in total. The van der Waals surface area contributed by atoms with Crippen molar-refractivity contribution in [2.24, 2.45) is 0 Å². The Morgan fingerprint density at radius 2 is 1.78 bits per heavy atom. The summed E-state index contributed by atoms with van der Waals surface area (Å²) in [5.41, 5.74) is 2.56. The molecule has 1 amide bonds. The standard InChI is InChI=1S/C21H23N5O/c1-3-26(15-18-7-5-4-6-8-18)20-13-19(24-16(2)25-20)21(27)23-14-17-9-11-22-12-10-17/h4-13H,3,14-15H2,1-2H3,(H,23,27). The second kappa shape index (κ2) is 8.89. The number of nitrogens with one attached hydrogen (secondary N) is 1. The van der Waals surface area contributed by atoms with Gasteiger partial charge < -0.3 is 10.2 Å². The van der Waals surface area contributed by atoms with E-state index in [1.165, 1.54) is 5.56 Å². The maximum Gasteiger partial charge on any atom is 0.270 e. The minimum Gasteiger partial charge on any atom is -0.352 e. The average Bonchev–Trinajstić information content (AvgIpc) is 2.71. The maximum absolute atomic E-state index is 12.6. The summed E-state index contributed by atoms with van der Waals surface area (Å²) in [7, 11) is 0. The first-order valence-corrected chi connectivity index (χ1v) is 8.97. The van der Waals surface area contributed by atoms with Gasteiger partial charge in [-0.1, -0.05) is 30.3 Å². The number of nitrogens with zero attached hydrogens (tertiary/aromatic N) is 4. The van der Waals surface area contributed by atoms with Crippen molar-refractivity contribution in [2.45, 2.75) is 26.9 Å². The zero-order valence-corrected chi connectivity index (χ0v) is 15.6. The van der Waals surface area contributed by atoms with Crippen LogP contribution < -0.4 is 10.2 Å². The fraction of sp³-hybridized carbons (Fsp3) is 0.238. The maximum atomic E-state index is 12.6. The highest BCUT2D eigenvalue weighted by atomic mass is 16.1. The molecule has 0 spiro atoms. The summed E-state index contributed by atoms with van der Waals surface area (Å²) in [5.74, 6) is 1.12. The average molecular weight is 361 g/mol. The lowest BCUT2D eigenvalue weighted by Crippen LogP contribution is -2.27. The number of pyridine rings is 1. The number of amides is 1. The summed E-state index contributed by atoms with van der Waals surface area (Å²) in [6.45, 7) is 5.82. The summed E-state index contributed by atoms with van der Waals surface area (Å²) < 4.78 is 0. The minimum atomic E-state index is -0.214. The molecule has 0 aliphatic rings. The van der Waals surface area contributed by atoms with Crippen LogP contribution in [-0.2, 0) is 13.1 Å². The van der Waals surface area contributed by atoms with Crippen LogP contribution in [0, 0.1) is 6.92 Å². The SMILES string of the molecule is CCN(Cc1ccccc1)c1cc(C(=O)NCc2ccncc2)nc(C)n1. The van der Waals surface area contributed by atoms with E-state index in [4.69, 9.17) is 0 Å². The Labute approximate surface area is 159 Å². The number of aryl methyl sites for hydroxylation is 1. The van der Waals surface area contributed by atoms with Crippen molar-refractivity contribution in [1.29, 1.82) is 0 Å². The molecule has 6 nitrogen and oxygen atoms in total. The summed E-state index contributed by atoms with van der Waals surface area (Å²) >= 11 is 0. The van der Waals surface area contributed by atoms with Crippen molar-refractivity contribution >= 4 is 11.7 Å². The highest BCUT2D eigenvalue weighted by Crippen LogP contribution is 2.16. The lowest BCUT2D eigenvalue weighted by atomic mass is 10.2. The van der Waals surface area contributed by atoms with Crippen LogP contribution in [-0.4, -0.2) is 27.4 Å². The Hall–Kier alpha value is -3.28. The van der Waals surface area contributed by atoms with Crippen molar-refractivity contribution in [1.82, 2.24) is 20.3 Å². The molecule has 0 fully saturated rings. The molecule has 0 aliphatic carbocycles. The number of rotatable bonds is 7. The molecule has 2 aromatic heterocycles. The first-order valence-electron chi connectivity index (χ1n) is 8.97. The van der Waals surface area contributed by atoms with Gasteiger partial charge in [-0.05, 0) is 37.1 Å². The van der Waals surface area contributed by atoms with Gasteiger partial charge in [-0.25, -0.2) is 9.97 Å². The molecular formula is C21H23N5O. The van der Waals surface area contributed by atoms with Crippen molar-refractivity contribution in [3.05, 3.63) is 83.6 Å². The molecule has 0 radical (unpaired) electrons. The molecule has 3 rings (SSSR count). The predicted molar refractivity (Wildman–Crippen MR) is 105 cm³/mol. The highest BCUT2D eigenvalue weighted by molar-refractivity contribution is 5.92. The van der Waals surface area contributed by atoms with Gasteiger partial charge >= 0.3 is 0 Å². The van der Waals surface area contributed by atoms with Gasteiger partial charge in [0.25, 0.3) is 5.91 Å². The fourth-order valence-electron chi connectivity index (χ4n) is 2.76. The van der Waals surface area contributed by atoms with E-state index in [2.05, 4.69) is 44.2 Å². The molecule has 0 saturated carbocycles. The lowest BCUT2D eigenvalue weighted by molar-refractivity contribution is 0.0945. The molecule has 1 aromatic carbocycles. The van der Waals surface area contributed by atoms with Crippen LogP contribution >= 0.6 is 0 Å². The van der Waals surface area contributed by atoms with Crippen LogP contribution in [0.15, 0.2) is 60.9 Å².